The molecule has 0 saturated heterocycles. The molecule has 4 nitrogen and oxygen atoms in total. The Morgan fingerprint density at radius 2 is 2.13 bits per heavy atom. The van der Waals surface area contributed by atoms with Gasteiger partial charge in [0.15, 0.2) is 5.96 Å². The van der Waals surface area contributed by atoms with Crippen LogP contribution in [-0.2, 0) is 13.0 Å². The number of nitrogens with two attached hydrogens (primary N) is 1. The molecule has 1 heterocycles. The number of guanidine groups is 1. The first-order valence-electron chi connectivity index (χ1n) is 7.08. The smallest absolute Gasteiger partial charge is 0.188 e. The molecule has 0 aliphatic carbocycles. The van der Waals surface area contributed by atoms with Gasteiger partial charge in [-0.25, -0.2) is 9.38 Å². The number of thiophene rings is 1. The summed E-state index contributed by atoms with van der Waals surface area (Å²) in [6.45, 7) is 1.10. The van der Waals surface area contributed by atoms with Gasteiger partial charge < -0.3 is 16.0 Å². The van der Waals surface area contributed by atoms with Crippen LogP contribution in [0.1, 0.15) is 10.4 Å². The normalized spacial score (nSPS) is 11.0. The van der Waals surface area contributed by atoms with Crippen molar-refractivity contribution in [1.29, 1.82) is 0 Å². The number of halogens is 2. The lowest BCUT2D eigenvalue weighted by Crippen LogP contribution is -2.33. The third kappa shape index (κ3) is 6.34. The van der Waals surface area contributed by atoms with Gasteiger partial charge in [-0.3, -0.25) is 0 Å². The molecular formula is C16H22FIN4S. The Morgan fingerprint density at radius 1 is 1.35 bits per heavy atom. The van der Waals surface area contributed by atoms with Crippen LogP contribution >= 0.6 is 35.3 Å². The number of rotatable bonds is 6. The minimum Gasteiger partial charge on any atom is -0.375 e. The Balaban J connectivity index is 0.00000264. The first-order valence-corrected chi connectivity index (χ1v) is 7.96. The van der Waals surface area contributed by atoms with Crippen molar-refractivity contribution >= 4 is 47.0 Å². The Hall–Kier alpha value is -1.35. The van der Waals surface area contributed by atoms with E-state index in [-0.39, 0.29) is 29.8 Å². The van der Waals surface area contributed by atoms with Crippen LogP contribution in [0.25, 0.3) is 0 Å². The Kier molecular flexibility index (Phi) is 8.32. The van der Waals surface area contributed by atoms with E-state index in [2.05, 4.69) is 21.8 Å². The van der Waals surface area contributed by atoms with Gasteiger partial charge >= 0.3 is 0 Å². The van der Waals surface area contributed by atoms with Crippen molar-refractivity contribution in [3.05, 3.63) is 52.0 Å². The highest BCUT2D eigenvalue weighted by molar-refractivity contribution is 14.0. The Bertz CT molecular complexity index is 629. The van der Waals surface area contributed by atoms with Gasteiger partial charge in [-0.05, 0) is 35.6 Å². The van der Waals surface area contributed by atoms with Gasteiger partial charge in [-0.1, -0.05) is 12.1 Å². The molecule has 23 heavy (non-hydrogen) atoms. The fraction of sp³-hybridized carbons (Fsp3) is 0.312. The van der Waals surface area contributed by atoms with Crippen LogP contribution in [-0.4, -0.2) is 26.6 Å². The molecule has 0 aliphatic rings. The standard InChI is InChI=1S/C16H21FN4S.HI/c1-21(2)15-6-5-12(10-14(15)17)11-20-16(18)19-8-7-13-4-3-9-22-13;/h3-6,9-10H,7-8,11H2,1-2H3,(H3,18,19,20);1H. The third-order valence-electron chi connectivity index (χ3n) is 3.18. The predicted molar refractivity (Wildman–Crippen MR) is 107 cm³/mol. The number of hydrogen-bond acceptors (Lipinski definition) is 3. The molecule has 0 fully saturated rings. The van der Waals surface area contributed by atoms with Crippen molar-refractivity contribution in [3.63, 3.8) is 0 Å². The quantitative estimate of drug-likeness (QED) is 0.406. The van der Waals surface area contributed by atoms with Gasteiger partial charge in [-0.15, -0.1) is 35.3 Å². The van der Waals surface area contributed by atoms with Crippen LogP contribution in [0, 0.1) is 5.82 Å². The summed E-state index contributed by atoms with van der Waals surface area (Å²) in [5, 5.41) is 5.12. The van der Waals surface area contributed by atoms with E-state index in [1.165, 1.54) is 10.9 Å². The van der Waals surface area contributed by atoms with Gasteiger partial charge in [-0.2, -0.15) is 0 Å². The fourth-order valence-electron chi connectivity index (χ4n) is 2.01. The molecule has 1 aromatic carbocycles. The summed E-state index contributed by atoms with van der Waals surface area (Å²) in [5.41, 5.74) is 7.18. The second kappa shape index (κ2) is 9.71. The minimum atomic E-state index is -0.248. The monoisotopic (exact) mass is 448 g/mol. The van der Waals surface area contributed by atoms with E-state index in [4.69, 9.17) is 5.73 Å². The molecule has 0 aliphatic heterocycles. The molecule has 3 N–H and O–H groups in total. The molecule has 0 spiro atoms. The minimum absolute atomic E-state index is 0. The first-order chi connectivity index (χ1) is 10.6. The van der Waals surface area contributed by atoms with Crippen LogP contribution in [0.2, 0.25) is 0 Å². The van der Waals surface area contributed by atoms with E-state index in [0.29, 0.717) is 18.2 Å². The predicted octanol–water partition coefficient (Wildman–Crippen LogP) is 3.22. The highest BCUT2D eigenvalue weighted by Crippen LogP contribution is 2.18. The average Bonchev–Trinajstić information content (AvgIpc) is 2.98. The van der Waals surface area contributed by atoms with Gasteiger partial charge in [0, 0.05) is 25.5 Å². The van der Waals surface area contributed by atoms with Crippen molar-refractivity contribution in [1.82, 2.24) is 5.32 Å². The SMILES string of the molecule is CN(C)c1ccc(CN=C(N)NCCc2cccs2)cc1F.I. The molecular weight excluding hydrogens is 426 g/mol. The molecule has 2 aromatic rings. The van der Waals surface area contributed by atoms with Gasteiger partial charge in [0.1, 0.15) is 5.82 Å². The average molecular weight is 448 g/mol. The highest BCUT2D eigenvalue weighted by Gasteiger charge is 2.05. The maximum atomic E-state index is 13.8. The Labute approximate surface area is 157 Å². The van der Waals surface area contributed by atoms with Crippen LogP contribution < -0.4 is 16.0 Å². The summed E-state index contributed by atoms with van der Waals surface area (Å²) < 4.78 is 13.8. The summed E-state index contributed by atoms with van der Waals surface area (Å²) in [7, 11) is 3.62. The maximum absolute atomic E-state index is 13.8. The van der Waals surface area contributed by atoms with Crippen molar-refractivity contribution in [2.24, 2.45) is 10.7 Å². The van der Waals surface area contributed by atoms with Gasteiger partial charge in [0.2, 0.25) is 0 Å². The van der Waals surface area contributed by atoms with Crippen molar-refractivity contribution in [2.75, 3.05) is 25.5 Å². The number of benzene rings is 1. The molecule has 7 heteroatoms. The van der Waals surface area contributed by atoms with E-state index in [0.717, 1.165) is 18.5 Å². The third-order valence-corrected chi connectivity index (χ3v) is 4.12. The number of aliphatic imine (C=N–C) groups is 1. The molecule has 126 valence electrons. The highest BCUT2D eigenvalue weighted by atomic mass is 127. The largest absolute Gasteiger partial charge is 0.375 e. The van der Waals surface area contributed by atoms with E-state index >= 15 is 0 Å². The molecule has 0 amide bonds. The summed E-state index contributed by atoms with van der Waals surface area (Å²) in [6.07, 6.45) is 0.917. The van der Waals surface area contributed by atoms with E-state index in [1.54, 1.807) is 22.3 Å². The molecule has 0 radical (unpaired) electrons. The van der Waals surface area contributed by atoms with Crippen molar-refractivity contribution < 1.29 is 4.39 Å². The van der Waals surface area contributed by atoms with Gasteiger partial charge in [0.25, 0.3) is 0 Å². The summed E-state index contributed by atoms with van der Waals surface area (Å²) >= 11 is 1.72. The zero-order valence-electron chi connectivity index (χ0n) is 13.3. The van der Waals surface area contributed by atoms with Crippen LogP contribution in [0.3, 0.4) is 0 Å². The second-order valence-electron chi connectivity index (χ2n) is 5.14. The van der Waals surface area contributed by atoms with E-state index in [9.17, 15) is 4.39 Å². The van der Waals surface area contributed by atoms with Gasteiger partial charge in [0.05, 0.1) is 12.2 Å². The zero-order chi connectivity index (χ0) is 15.9. The topological polar surface area (TPSA) is 53.6 Å². The summed E-state index contributed by atoms with van der Waals surface area (Å²) in [6, 6.07) is 9.23. The van der Waals surface area contributed by atoms with Crippen LogP contribution in [0.4, 0.5) is 10.1 Å². The summed E-state index contributed by atoms with van der Waals surface area (Å²) in [4.78, 5) is 7.28. The number of hydrogen-bond donors (Lipinski definition) is 2. The number of anilines is 1. The maximum Gasteiger partial charge on any atom is 0.188 e. The second-order valence-corrected chi connectivity index (χ2v) is 6.17. The van der Waals surface area contributed by atoms with Crippen LogP contribution in [0.15, 0.2) is 40.7 Å². The van der Waals surface area contributed by atoms with Crippen molar-refractivity contribution in [3.8, 4) is 0 Å². The number of nitrogens with zero attached hydrogens (tertiary/aromatic N) is 2. The molecule has 0 unspecified atom stereocenters. The Morgan fingerprint density at radius 3 is 2.74 bits per heavy atom. The first kappa shape index (κ1) is 19.7. The fourth-order valence-corrected chi connectivity index (χ4v) is 2.72. The van der Waals surface area contributed by atoms with E-state index < -0.39 is 0 Å². The number of nitrogens with one attached hydrogen (secondary N) is 1. The van der Waals surface area contributed by atoms with Crippen molar-refractivity contribution in [2.45, 2.75) is 13.0 Å². The lowest BCUT2D eigenvalue weighted by molar-refractivity contribution is 0.624. The zero-order valence-corrected chi connectivity index (χ0v) is 16.4. The molecule has 0 bridgehead atoms. The van der Waals surface area contributed by atoms with Crippen LogP contribution in [0.5, 0.6) is 0 Å². The van der Waals surface area contributed by atoms with E-state index in [1.807, 2.05) is 26.2 Å². The molecule has 2 rings (SSSR count). The molecule has 1 aromatic heterocycles. The molecule has 0 saturated carbocycles. The summed E-state index contributed by atoms with van der Waals surface area (Å²) in [5.74, 6) is 0.135. The lowest BCUT2D eigenvalue weighted by Gasteiger charge is -2.13. The lowest BCUT2D eigenvalue weighted by atomic mass is 10.2. The molecule has 0 atom stereocenters.